The van der Waals surface area contributed by atoms with Crippen LogP contribution in [0.15, 0.2) is 0 Å². The average Bonchev–Trinajstić information content (AvgIpc) is 2.52. The Kier molecular flexibility index (Phi) is 2.74. The van der Waals surface area contributed by atoms with Crippen molar-refractivity contribution in [1.29, 1.82) is 5.26 Å². The quantitative estimate of drug-likeness (QED) is 0.739. The number of nitriles is 1. The summed E-state index contributed by atoms with van der Waals surface area (Å²) in [5.74, 6) is -4.77. The Balaban J connectivity index is 2.67. The molecule has 1 rings (SSSR count). The molecule has 0 aromatic carbocycles. The fraction of sp³-hybridized carbons (Fsp3) is 0.778. The van der Waals surface area contributed by atoms with Gasteiger partial charge in [0, 0.05) is 6.92 Å². The minimum Gasteiger partial charge on any atom is -0.333 e. The Morgan fingerprint density at radius 1 is 1.50 bits per heavy atom. The molecular formula is C9H12F2N2O. The molecule has 78 valence electrons. The number of alkyl halides is 2. The maximum atomic E-state index is 12.6. The van der Waals surface area contributed by atoms with Crippen molar-refractivity contribution < 1.29 is 13.6 Å². The van der Waals surface area contributed by atoms with Crippen LogP contribution in [0.1, 0.15) is 32.6 Å². The molecule has 0 aromatic heterocycles. The van der Waals surface area contributed by atoms with Gasteiger partial charge in [-0.25, -0.2) is 0 Å². The molecule has 0 atom stereocenters. The predicted molar refractivity (Wildman–Crippen MR) is 45.6 cm³/mol. The summed E-state index contributed by atoms with van der Waals surface area (Å²) in [7, 11) is 0. The maximum Gasteiger partial charge on any atom is 0.321 e. The van der Waals surface area contributed by atoms with Crippen molar-refractivity contribution in [3.63, 3.8) is 0 Å². The maximum absolute atomic E-state index is 12.6. The van der Waals surface area contributed by atoms with E-state index in [1.165, 1.54) is 0 Å². The molecule has 1 amide bonds. The molecule has 1 aliphatic carbocycles. The van der Waals surface area contributed by atoms with Crippen molar-refractivity contribution in [2.24, 2.45) is 0 Å². The zero-order valence-corrected chi connectivity index (χ0v) is 7.94. The van der Waals surface area contributed by atoms with Gasteiger partial charge in [0.2, 0.25) is 0 Å². The molecule has 0 aliphatic heterocycles. The van der Waals surface area contributed by atoms with Crippen molar-refractivity contribution in [1.82, 2.24) is 5.32 Å². The molecule has 1 saturated carbocycles. The van der Waals surface area contributed by atoms with E-state index in [0.29, 0.717) is 19.8 Å². The second-order valence-electron chi connectivity index (χ2n) is 3.74. The van der Waals surface area contributed by atoms with E-state index in [4.69, 9.17) is 5.26 Å². The van der Waals surface area contributed by atoms with Gasteiger partial charge >= 0.3 is 5.92 Å². The van der Waals surface area contributed by atoms with Gasteiger partial charge in [-0.3, -0.25) is 4.79 Å². The van der Waals surface area contributed by atoms with Gasteiger partial charge in [-0.05, 0) is 25.7 Å². The lowest BCUT2D eigenvalue weighted by Crippen LogP contribution is -2.50. The van der Waals surface area contributed by atoms with Crippen molar-refractivity contribution in [3.05, 3.63) is 0 Å². The van der Waals surface area contributed by atoms with Crippen LogP contribution in [0.2, 0.25) is 0 Å². The fourth-order valence-corrected chi connectivity index (χ4v) is 1.57. The van der Waals surface area contributed by atoms with Crippen LogP contribution in [0.25, 0.3) is 0 Å². The molecule has 0 bridgehead atoms. The third-order valence-electron chi connectivity index (χ3n) is 2.42. The highest BCUT2D eigenvalue weighted by molar-refractivity contribution is 5.84. The molecule has 0 saturated heterocycles. The number of hydrogen-bond acceptors (Lipinski definition) is 2. The highest BCUT2D eigenvalue weighted by Gasteiger charge is 2.41. The fourth-order valence-electron chi connectivity index (χ4n) is 1.57. The number of rotatable bonds is 2. The Hall–Kier alpha value is -1.18. The molecule has 3 nitrogen and oxygen atoms in total. The first-order valence-corrected chi connectivity index (χ1v) is 4.51. The van der Waals surface area contributed by atoms with Gasteiger partial charge in [0.05, 0.1) is 6.07 Å². The Bertz CT molecular complexity index is 272. The van der Waals surface area contributed by atoms with E-state index in [9.17, 15) is 13.6 Å². The van der Waals surface area contributed by atoms with E-state index in [1.807, 2.05) is 6.07 Å². The van der Waals surface area contributed by atoms with Gasteiger partial charge in [-0.1, -0.05) is 0 Å². The highest BCUT2D eigenvalue weighted by atomic mass is 19.3. The van der Waals surface area contributed by atoms with E-state index >= 15 is 0 Å². The van der Waals surface area contributed by atoms with E-state index < -0.39 is 17.4 Å². The standard InChI is InChI=1S/C9H12F2N2O/c1-8(10,11)7(14)13-9(6-12)4-2-3-5-9/h2-5H2,1H3,(H,13,14). The van der Waals surface area contributed by atoms with Crippen LogP contribution in [0.5, 0.6) is 0 Å². The number of amides is 1. The number of halogens is 2. The van der Waals surface area contributed by atoms with E-state index in [2.05, 4.69) is 5.32 Å². The van der Waals surface area contributed by atoms with Gasteiger partial charge in [0.1, 0.15) is 5.54 Å². The second kappa shape index (κ2) is 3.52. The number of hydrogen-bond donors (Lipinski definition) is 1. The summed E-state index contributed by atoms with van der Waals surface area (Å²) in [5, 5.41) is 11.0. The summed E-state index contributed by atoms with van der Waals surface area (Å²) >= 11 is 0. The summed E-state index contributed by atoms with van der Waals surface area (Å²) in [6, 6.07) is 1.92. The number of carbonyl (C=O) groups is 1. The molecule has 0 spiro atoms. The molecule has 0 radical (unpaired) electrons. The van der Waals surface area contributed by atoms with Crippen molar-refractivity contribution in [2.75, 3.05) is 0 Å². The van der Waals surface area contributed by atoms with Crippen LogP contribution in [0.4, 0.5) is 8.78 Å². The molecule has 1 N–H and O–H groups in total. The van der Waals surface area contributed by atoms with Crippen LogP contribution in [-0.4, -0.2) is 17.4 Å². The normalized spacial score (nSPS) is 20.1. The number of nitrogens with one attached hydrogen (secondary N) is 1. The van der Waals surface area contributed by atoms with Gasteiger partial charge < -0.3 is 5.32 Å². The average molecular weight is 202 g/mol. The van der Waals surface area contributed by atoms with Gasteiger partial charge in [0.25, 0.3) is 5.91 Å². The summed E-state index contributed by atoms with van der Waals surface area (Å²) < 4.78 is 25.1. The summed E-state index contributed by atoms with van der Waals surface area (Å²) in [4.78, 5) is 11.0. The zero-order valence-electron chi connectivity index (χ0n) is 7.94. The van der Waals surface area contributed by atoms with Crippen LogP contribution in [0.3, 0.4) is 0 Å². The SMILES string of the molecule is CC(F)(F)C(=O)NC1(C#N)CCCC1. The minimum absolute atomic E-state index is 0.464. The van der Waals surface area contributed by atoms with Gasteiger partial charge in [-0.15, -0.1) is 0 Å². The van der Waals surface area contributed by atoms with Crippen molar-refractivity contribution in [2.45, 2.75) is 44.1 Å². The lowest BCUT2D eigenvalue weighted by molar-refractivity contribution is -0.144. The monoisotopic (exact) mass is 202 g/mol. The van der Waals surface area contributed by atoms with Gasteiger partial charge in [0.15, 0.2) is 0 Å². The molecular weight excluding hydrogens is 190 g/mol. The molecule has 14 heavy (non-hydrogen) atoms. The molecule has 1 aliphatic rings. The Labute approximate surface area is 81.1 Å². The second-order valence-corrected chi connectivity index (χ2v) is 3.74. The minimum atomic E-state index is -3.41. The lowest BCUT2D eigenvalue weighted by atomic mass is 9.99. The molecule has 0 aromatic rings. The third-order valence-corrected chi connectivity index (χ3v) is 2.42. The van der Waals surface area contributed by atoms with Crippen LogP contribution in [-0.2, 0) is 4.79 Å². The zero-order chi connectivity index (χ0) is 10.8. The topological polar surface area (TPSA) is 52.9 Å². The Morgan fingerprint density at radius 3 is 2.36 bits per heavy atom. The molecule has 1 fully saturated rings. The smallest absolute Gasteiger partial charge is 0.321 e. The van der Waals surface area contributed by atoms with E-state index in [1.54, 1.807) is 0 Å². The lowest BCUT2D eigenvalue weighted by Gasteiger charge is -2.23. The van der Waals surface area contributed by atoms with Crippen molar-refractivity contribution in [3.8, 4) is 6.07 Å². The van der Waals surface area contributed by atoms with E-state index in [0.717, 1.165) is 12.8 Å². The van der Waals surface area contributed by atoms with Crippen LogP contribution in [0, 0.1) is 11.3 Å². The first-order chi connectivity index (χ1) is 6.40. The summed E-state index contributed by atoms with van der Waals surface area (Å²) in [6.45, 7) is 0.530. The molecule has 5 heteroatoms. The number of nitrogens with zero attached hydrogens (tertiary/aromatic N) is 1. The first-order valence-electron chi connectivity index (χ1n) is 4.51. The third kappa shape index (κ3) is 2.19. The molecule has 0 heterocycles. The Morgan fingerprint density at radius 2 is 2.00 bits per heavy atom. The summed E-state index contributed by atoms with van der Waals surface area (Å²) in [6.07, 6.45) is 2.52. The van der Waals surface area contributed by atoms with Crippen LogP contribution < -0.4 is 5.32 Å². The highest BCUT2D eigenvalue weighted by Crippen LogP contribution is 2.29. The van der Waals surface area contributed by atoms with Crippen LogP contribution >= 0.6 is 0 Å². The predicted octanol–water partition coefficient (Wildman–Crippen LogP) is 1.59. The summed E-state index contributed by atoms with van der Waals surface area (Å²) in [5.41, 5.74) is -1.06. The number of carbonyl (C=O) groups excluding carboxylic acids is 1. The van der Waals surface area contributed by atoms with Gasteiger partial charge in [-0.2, -0.15) is 14.0 Å². The largest absolute Gasteiger partial charge is 0.333 e. The molecule has 0 unspecified atom stereocenters. The first kappa shape index (κ1) is 10.9. The van der Waals surface area contributed by atoms with E-state index in [-0.39, 0.29) is 0 Å². The van der Waals surface area contributed by atoms with Crippen molar-refractivity contribution >= 4 is 5.91 Å².